The predicted octanol–water partition coefficient (Wildman–Crippen LogP) is 1.80. The third-order valence-corrected chi connectivity index (χ3v) is 3.06. The first-order valence-corrected chi connectivity index (χ1v) is 5.80. The molecule has 0 saturated carbocycles. The topological polar surface area (TPSA) is 65.2 Å². The first-order valence-electron chi connectivity index (χ1n) is 4.72. The number of alkyl halides is 2. The SMILES string of the molecule is COC(=O)Cc1nc(CN)c(I)cc1C(F)F. The molecule has 94 valence electrons. The van der Waals surface area contributed by atoms with Crippen LogP contribution in [0.1, 0.15) is 23.4 Å². The van der Waals surface area contributed by atoms with Gasteiger partial charge in [0.25, 0.3) is 6.43 Å². The quantitative estimate of drug-likeness (QED) is 0.660. The zero-order valence-electron chi connectivity index (χ0n) is 9.04. The van der Waals surface area contributed by atoms with E-state index in [2.05, 4.69) is 9.72 Å². The number of carbonyl (C=O) groups excluding carboxylic acids is 1. The lowest BCUT2D eigenvalue weighted by Crippen LogP contribution is -2.13. The highest BCUT2D eigenvalue weighted by atomic mass is 127. The highest BCUT2D eigenvalue weighted by Gasteiger charge is 2.19. The van der Waals surface area contributed by atoms with Gasteiger partial charge in [0, 0.05) is 15.7 Å². The Labute approximate surface area is 111 Å². The molecule has 4 nitrogen and oxygen atoms in total. The fraction of sp³-hybridized carbons (Fsp3) is 0.400. The molecule has 1 aromatic heterocycles. The average molecular weight is 356 g/mol. The summed E-state index contributed by atoms with van der Waals surface area (Å²) in [7, 11) is 1.20. The number of rotatable bonds is 4. The first kappa shape index (κ1) is 14.2. The van der Waals surface area contributed by atoms with Gasteiger partial charge in [-0.2, -0.15) is 0 Å². The molecule has 0 amide bonds. The predicted molar refractivity (Wildman–Crippen MR) is 65.5 cm³/mol. The molecule has 1 rings (SSSR count). The molecule has 17 heavy (non-hydrogen) atoms. The van der Waals surface area contributed by atoms with Crippen LogP contribution in [0.25, 0.3) is 0 Å². The number of ether oxygens (including phenoxy) is 1. The van der Waals surface area contributed by atoms with Crippen molar-refractivity contribution in [3.05, 3.63) is 26.6 Å². The van der Waals surface area contributed by atoms with Crippen molar-refractivity contribution in [1.82, 2.24) is 4.98 Å². The van der Waals surface area contributed by atoms with Gasteiger partial charge in [0.2, 0.25) is 0 Å². The minimum atomic E-state index is -2.68. The number of halogens is 3. The van der Waals surface area contributed by atoms with E-state index in [1.807, 2.05) is 22.6 Å². The van der Waals surface area contributed by atoms with Crippen LogP contribution in [0.15, 0.2) is 6.07 Å². The highest BCUT2D eigenvalue weighted by Crippen LogP contribution is 2.25. The normalized spacial score (nSPS) is 10.7. The van der Waals surface area contributed by atoms with Gasteiger partial charge in [-0.1, -0.05) is 0 Å². The second-order valence-corrected chi connectivity index (χ2v) is 4.37. The van der Waals surface area contributed by atoms with E-state index in [4.69, 9.17) is 5.73 Å². The summed E-state index contributed by atoms with van der Waals surface area (Å²) in [5.74, 6) is -0.608. The maximum atomic E-state index is 12.8. The Morgan fingerprint density at radius 1 is 1.59 bits per heavy atom. The van der Waals surface area contributed by atoms with Gasteiger partial charge in [-0.05, 0) is 28.7 Å². The number of methoxy groups -OCH3 is 1. The van der Waals surface area contributed by atoms with Gasteiger partial charge in [-0.25, -0.2) is 8.78 Å². The molecule has 1 aromatic rings. The minimum absolute atomic E-state index is 0.0210. The summed E-state index contributed by atoms with van der Waals surface area (Å²) in [5.41, 5.74) is 5.70. The standard InChI is InChI=1S/C10H11F2IN2O2/c1-17-9(16)3-7-5(10(11)12)2-6(13)8(4-14)15-7/h2,10H,3-4,14H2,1H3. The Morgan fingerprint density at radius 2 is 2.24 bits per heavy atom. The molecular formula is C10H11F2IN2O2. The number of nitrogens with zero attached hydrogens (tertiary/aromatic N) is 1. The van der Waals surface area contributed by atoms with Crippen molar-refractivity contribution in [3.63, 3.8) is 0 Å². The molecule has 7 heteroatoms. The second kappa shape index (κ2) is 6.20. The number of pyridine rings is 1. The molecule has 0 aromatic carbocycles. The van der Waals surface area contributed by atoms with Crippen molar-refractivity contribution in [2.75, 3.05) is 7.11 Å². The summed E-state index contributed by atoms with van der Waals surface area (Å²) in [6.07, 6.45) is -2.96. The largest absolute Gasteiger partial charge is 0.469 e. The Morgan fingerprint density at radius 3 is 2.71 bits per heavy atom. The van der Waals surface area contributed by atoms with Crippen LogP contribution >= 0.6 is 22.6 Å². The maximum Gasteiger partial charge on any atom is 0.311 e. The van der Waals surface area contributed by atoms with Crippen molar-refractivity contribution < 1.29 is 18.3 Å². The number of hydrogen-bond acceptors (Lipinski definition) is 4. The van der Waals surface area contributed by atoms with Crippen molar-refractivity contribution in [3.8, 4) is 0 Å². The van der Waals surface area contributed by atoms with Crippen LogP contribution in [0.4, 0.5) is 8.78 Å². The maximum absolute atomic E-state index is 12.8. The lowest BCUT2D eigenvalue weighted by atomic mass is 10.1. The summed E-state index contributed by atoms with van der Waals surface area (Å²) in [6, 6.07) is 1.30. The van der Waals surface area contributed by atoms with Crippen molar-refractivity contribution in [2.45, 2.75) is 19.4 Å². The molecule has 0 fully saturated rings. The van der Waals surface area contributed by atoms with Gasteiger partial charge in [0.1, 0.15) is 0 Å². The minimum Gasteiger partial charge on any atom is -0.469 e. The molecule has 1 heterocycles. The van der Waals surface area contributed by atoms with Crippen LogP contribution in [-0.4, -0.2) is 18.1 Å². The fourth-order valence-corrected chi connectivity index (χ4v) is 1.94. The lowest BCUT2D eigenvalue weighted by Gasteiger charge is -2.10. The average Bonchev–Trinajstić information content (AvgIpc) is 2.30. The van der Waals surface area contributed by atoms with E-state index in [1.54, 1.807) is 0 Å². The van der Waals surface area contributed by atoms with Gasteiger partial charge >= 0.3 is 5.97 Å². The molecule has 0 atom stereocenters. The van der Waals surface area contributed by atoms with E-state index in [9.17, 15) is 13.6 Å². The van der Waals surface area contributed by atoms with E-state index in [-0.39, 0.29) is 24.2 Å². The summed E-state index contributed by atoms with van der Waals surface area (Å²) >= 11 is 1.89. The van der Waals surface area contributed by atoms with Crippen LogP contribution < -0.4 is 5.73 Å². The second-order valence-electron chi connectivity index (χ2n) is 3.21. The number of nitrogens with two attached hydrogens (primary N) is 1. The van der Waals surface area contributed by atoms with Crippen molar-refractivity contribution in [1.29, 1.82) is 0 Å². The van der Waals surface area contributed by atoms with E-state index < -0.39 is 12.4 Å². The van der Waals surface area contributed by atoms with Crippen LogP contribution in [0.2, 0.25) is 0 Å². The molecule has 0 saturated heterocycles. The van der Waals surface area contributed by atoms with Crippen LogP contribution in [0, 0.1) is 3.57 Å². The Hall–Kier alpha value is -0.830. The molecule has 0 aliphatic rings. The zero-order chi connectivity index (χ0) is 13.0. The summed E-state index contributed by atoms with van der Waals surface area (Å²) < 4.78 is 30.5. The van der Waals surface area contributed by atoms with Crippen LogP contribution in [0.5, 0.6) is 0 Å². The fourth-order valence-electron chi connectivity index (χ4n) is 1.27. The molecule has 0 bridgehead atoms. The van der Waals surface area contributed by atoms with Crippen LogP contribution in [0.3, 0.4) is 0 Å². The molecular weight excluding hydrogens is 345 g/mol. The van der Waals surface area contributed by atoms with Gasteiger partial charge in [-0.3, -0.25) is 9.78 Å². The van der Waals surface area contributed by atoms with Crippen LogP contribution in [-0.2, 0) is 22.5 Å². The monoisotopic (exact) mass is 356 g/mol. The summed E-state index contributed by atoms with van der Waals surface area (Å²) in [4.78, 5) is 15.1. The Balaban J connectivity index is 3.19. The van der Waals surface area contributed by atoms with E-state index in [0.29, 0.717) is 9.26 Å². The Kier molecular flexibility index (Phi) is 5.19. The number of carbonyl (C=O) groups is 1. The van der Waals surface area contributed by atoms with Crippen molar-refractivity contribution >= 4 is 28.6 Å². The van der Waals surface area contributed by atoms with E-state index in [0.717, 1.165) is 0 Å². The molecule has 2 N–H and O–H groups in total. The molecule has 0 radical (unpaired) electrons. The van der Waals surface area contributed by atoms with E-state index in [1.165, 1.54) is 13.2 Å². The molecule has 0 unspecified atom stereocenters. The summed E-state index contributed by atoms with van der Waals surface area (Å²) in [6.45, 7) is 0.135. The third kappa shape index (κ3) is 3.56. The zero-order valence-corrected chi connectivity index (χ0v) is 11.2. The third-order valence-electron chi connectivity index (χ3n) is 2.13. The number of hydrogen-bond donors (Lipinski definition) is 1. The first-order chi connectivity index (χ1) is 7.99. The van der Waals surface area contributed by atoms with Gasteiger partial charge in [-0.15, -0.1) is 0 Å². The highest BCUT2D eigenvalue weighted by molar-refractivity contribution is 14.1. The van der Waals surface area contributed by atoms with E-state index >= 15 is 0 Å². The van der Waals surface area contributed by atoms with Crippen molar-refractivity contribution in [2.24, 2.45) is 5.73 Å². The molecule has 0 aliphatic heterocycles. The van der Waals surface area contributed by atoms with Gasteiger partial charge in [0.05, 0.1) is 24.9 Å². The smallest absolute Gasteiger partial charge is 0.311 e. The molecule has 0 aliphatic carbocycles. The lowest BCUT2D eigenvalue weighted by molar-refractivity contribution is -0.139. The van der Waals surface area contributed by atoms with Gasteiger partial charge in [0.15, 0.2) is 0 Å². The number of esters is 1. The van der Waals surface area contributed by atoms with Gasteiger partial charge < -0.3 is 10.5 Å². The summed E-state index contributed by atoms with van der Waals surface area (Å²) in [5, 5.41) is 0. The molecule has 0 spiro atoms. The Bertz CT molecular complexity index is 427. The number of aromatic nitrogens is 1.